The number of pyridine rings is 1. The molecular formula is C15H17N5S. The van der Waals surface area contributed by atoms with E-state index in [2.05, 4.69) is 27.2 Å². The lowest BCUT2D eigenvalue weighted by Gasteiger charge is -2.07. The van der Waals surface area contributed by atoms with Crippen LogP contribution in [0.1, 0.15) is 22.6 Å². The van der Waals surface area contributed by atoms with Crippen LogP contribution in [-0.4, -0.2) is 19.5 Å². The monoisotopic (exact) mass is 299 g/mol. The van der Waals surface area contributed by atoms with Gasteiger partial charge in [-0.25, -0.2) is 15.0 Å². The van der Waals surface area contributed by atoms with Gasteiger partial charge in [-0.05, 0) is 25.5 Å². The Balaban J connectivity index is 1.66. The smallest absolute Gasteiger partial charge is 0.138 e. The Morgan fingerprint density at radius 3 is 2.71 bits per heavy atom. The molecule has 21 heavy (non-hydrogen) atoms. The number of nitrogens with zero attached hydrogens (tertiary/aromatic N) is 4. The summed E-state index contributed by atoms with van der Waals surface area (Å²) < 4.78 is 1.96. The number of aromatic nitrogens is 4. The molecule has 0 aliphatic heterocycles. The van der Waals surface area contributed by atoms with E-state index < -0.39 is 0 Å². The zero-order chi connectivity index (χ0) is 14.7. The van der Waals surface area contributed by atoms with Crippen LogP contribution in [0.2, 0.25) is 0 Å². The van der Waals surface area contributed by atoms with Crippen molar-refractivity contribution < 1.29 is 0 Å². The van der Waals surface area contributed by atoms with Crippen LogP contribution in [-0.2, 0) is 13.0 Å². The molecule has 3 aromatic heterocycles. The van der Waals surface area contributed by atoms with Gasteiger partial charge in [-0.2, -0.15) is 0 Å². The van der Waals surface area contributed by atoms with Gasteiger partial charge in [0.05, 0.1) is 23.4 Å². The fourth-order valence-corrected chi connectivity index (χ4v) is 2.84. The highest BCUT2D eigenvalue weighted by molar-refractivity contribution is 7.11. The molecule has 3 rings (SSSR count). The summed E-state index contributed by atoms with van der Waals surface area (Å²) in [7, 11) is 0. The van der Waals surface area contributed by atoms with Gasteiger partial charge in [0, 0.05) is 23.5 Å². The third-order valence-corrected chi connectivity index (χ3v) is 4.33. The van der Waals surface area contributed by atoms with Gasteiger partial charge in [-0.1, -0.05) is 6.92 Å². The maximum Gasteiger partial charge on any atom is 0.138 e. The molecule has 0 fully saturated rings. The number of anilines is 1. The molecule has 3 heterocycles. The molecule has 0 aliphatic carbocycles. The maximum atomic E-state index is 4.46. The molecule has 0 spiro atoms. The molecule has 1 N–H and O–H groups in total. The van der Waals surface area contributed by atoms with Crippen molar-refractivity contribution in [3.63, 3.8) is 0 Å². The Morgan fingerprint density at radius 2 is 2.10 bits per heavy atom. The molecule has 0 saturated carbocycles. The summed E-state index contributed by atoms with van der Waals surface area (Å²) in [5.41, 5.74) is 1.00. The number of aryl methyl sites for hydroxylation is 2. The van der Waals surface area contributed by atoms with Gasteiger partial charge in [0.25, 0.3) is 0 Å². The van der Waals surface area contributed by atoms with Crippen molar-refractivity contribution in [2.45, 2.75) is 26.8 Å². The maximum absolute atomic E-state index is 4.46. The summed E-state index contributed by atoms with van der Waals surface area (Å²) in [4.78, 5) is 14.3. The summed E-state index contributed by atoms with van der Waals surface area (Å²) >= 11 is 1.75. The van der Waals surface area contributed by atoms with Crippen molar-refractivity contribution in [1.82, 2.24) is 19.5 Å². The molecule has 0 unspecified atom stereocenters. The first-order valence-electron chi connectivity index (χ1n) is 6.90. The predicted molar refractivity (Wildman–Crippen MR) is 84.9 cm³/mol. The first-order chi connectivity index (χ1) is 10.3. The second-order valence-electron chi connectivity index (χ2n) is 4.68. The van der Waals surface area contributed by atoms with E-state index in [0.29, 0.717) is 0 Å². The molecule has 6 heteroatoms. The molecule has 0 saturated heterocycles. The molecule has 0 aromatic carbocycles. The lowest BCUT2D eigenvalue weighted by atomic mass is 10.4. The van der Waals surface area contributed by atoms with E-state index in [-0.39, 0.29) is 0 Å². The van der Waals surface area contributed by atoms with E-state index in [0.717, 1.165) is 30.3 Å². The van der Waals surface area contributed by atoms with Crippen LogP contribution < -0.4 is 5.32 Å². The van der Waals surface area contributed by atoms with E-state index in [1.807, 2.05) is 42.2 Å². The molecule has 0 amide bonds. The first-order valence-corrected chi connectivity index (χ1v) is 7.71. The second-order valence-corrected chi connectivity index (χ2v) is 5.88. The molecule has 0 radical (unpaired) electrons. The summed E-state index contributed by atoms with van der Waals surface area (Å²) in [6.45, 7) is 4.86. The Kier molecular flexibility index (Phi) is 3.96. The van der Waals surface area contributed by atoms with E-state index in [1.54, 1.807) is 17.5 Å². The number of thiazole rings is 1. The van der Waals surface area contributed by atoms with Crippen molar-refractivity contribution in [2.75, 3.05) is 5.32 Å². The first kappa shape index (κ1) is 13.8. The third kappa shape index (κ3) is 3.11. The fourth-order valence-electron chi connectivity index (χ4n) is 2.04. The van der Waals surface area contributed by atoms with Crippen molar-refractivity contribution in [3.05, 3.63) is 52.6 Å². The molecule has 5 nitrogen and oxygen atoms in total. The van der Waals surface area contributed by atoms with E-state index in [4.69, 9.17) is 0 Å². The van der Waals surface area contributed by atoms with Gasteiger partial charge >= 0.3 is 0 Å². The molecule has 0 aliphatic rings. The normalized spacial score (nSPS) is 10.8. The average Bonchev–Trinajstić information content (AvgIpc) is 3.14. The number of hydrogen-bond donors (Lipinski definition) is 1. The van der Waals surface area contributed by atoms with Crippen molar-refractivity contribution >= 4 is 17.0 Å². The minimum Gasteiger partial charge on any atom is -0.379 e. The van der Waals surface area contributed by atoms with Gasteiger partial charge in [0.1, 0.15) is 11.6 Å². The number of nitrogens with one attached hydrogen (secondary N) is 1. The van der Waals surface area contributed by atoms with E-state index in [1.165, 1.54) is 9.88 Å². The highest BCUT2D eigenvalue weighted by Crippen LogP contribution is 2.16. The summed E-state index contributed by atoms with van der Waals surface area (Å²) in [5, 5.41) is 4.55. The molecule has 3 aromatic rings. The minimum atomic E-state index is 0.781. The zero-order valence-corrected chi connectivity index (χ0v) is 12.9. The second kappa shape index (κ2) is 6.05. The van der Waals surface area contributed by atoms with Crippen LogP contribution in [0, 0.1) is 6.92 Å². The highest BCUT2D eigenvalue weighted by Gasteiger charge is 2.03. The quantitative estimate of drug-likeness (QED) is 0.786. The standard InChI is InChI=1S/C15H17N5S/c1-3-15-19-10-13(21-15)9-17-12-4-5-14(18-8-12)20-7-6-16-11(20)2/h4-8,10,17H,3,9H2,1-2H3. The molecule has 108 valence electrons. The number of imidazole rings is 1. The summed E-state index contributed by atoms with van der Waals surface area (Å²) in [6.07, 6.45) is 8.46. The van der Waals surface area contributed by atoms with Crippen LogP contribution >= 0.6 is 11.3 Å². The topological polar surface area (TPSA) is 55.6 Å². The predicted octanol–water partition coefficient (Wildman–Crippen LogP) is 3.21. The highest BCUT2D eigenvalue weighted by atomic mass is 32.1. The van der Waals surface area contributed by atoms with E-state index >= 15 is 0 Å². The van der Waals surface area contributed by atoms with Gasteiger partial charge in [0.2, 0.25) is 0 Å². The largest absolute Gasteiger partial charge is 0.379 e. The lowest BCUT2D eigenvalue weighted by molar-refractivity contribution is 0.932. The lowest BCUT2D eigenvalue weighted by Crippen LogP contribution is -2.01. The molecular weight excluding hydrogens is 282 g/mol. The number of hydrogen-bond acceptors (Lipinski definition) is 5. The van der Waals surface area contributed by atoms with Crippen LogP contribution in [0.15, 0.2) is 36.9 Å². The Bertz CT molecular complexity index is 714. The van der Waals surface area contributed by atoms with Crippen molar-refractivity contribution in [3.8, 4) is 5.82 Å². The molecule has 0 bridgehead atoms. The Morgan fingerprint density at radius 1 is 1.19 bits per heavy atom. The number of rotatable bonds is 5. The van der Waals surface area contributed by atoms with Gasteiger partial charge in [0.15, 0.2) is 0 Å². The molecule has 0 atom stereocenters. The van der Waals surface area contributed by atoms with Gasteiger partial charge in [-0.15, -0.1) is 11.3 Å². The van der Waals surface area contributed by atoms with Crippen LogP contribution in [0.4, 0.5) is 5.69 Å². The van der Waals surface area contributed by atoms with Crippen LogP contribution in [0.3, 0.4) is 0 Å². The van der Waals surface area contributed by atoms with Gasteiger partial charge in [-0.3, -0.25) is 4.57 Å². The van der Waals surface area contributed by atoms with Gasteiger partial charge < -0.3 is 5.32 Å². The minimum absolute atomic E-state index is 0.781. The van der Waals surface area contributed by atoms with Crippen molar-refractivity contribution in [2.24, 2.45) is 0 Å². The SMILES string of the molecule is CCc1ncc(CNc2ccc(-n3ccnc3C)nc2)s1. The fraction of sp³-hybridized carbons (Fsp3) is 0.267. The van der Waals surface area contributed by atoms with Crippen LogP contribution in [0.25, 0.3) is 5.82 Å². The Hall–Kier alpha value is -2.21. The summed E-state index contributed by atoms with van der Waals surface area (Å²) in [6, 6.07) is 4.02. The Labute approximate surface area is 127 Å². The summed E-state index contributed by atoms with van der Waals surface area (Å²) in [5.74, 6) is 1.81. The zero-order valence-electron chi connectivity index (χ0n) is 12.1. The van der Waals surface area contributed by atoms with E-state index in [9.17, 15) is 0 Å². The van der Waals surface area contributed by atoms with Crippen LogP contribution in [0.5, 0.6) is 0 Å². The average molecular weight is 299 g/mol. The van der Waals surface area contributed by atoms with Crippen molar-refractivity contribution in [1.29, 1.82) is 0 Å². The third-order valence-electron chi connectivity index (χ3n) is 3.19.